The third kappa shape index (κ3) is 108. The number of hydrogen-bond donors (Lipinski definition) is 2. The van der Waals surface area contributed by atoms with Gasteiger partial charge in [0.25, 0.3) is 0 Å². The largest absolute Gasteiger partial charge is 2.00 e. The van der Waals surface area contributed by atoms with Gasteiger partial charge < -0.3 is 15.7 Å². The van der Waals surface area contributed by atoms with Crippen LogP contribution in [-0.4, -0.2) is 65.2 Å². The van der Waals surface area contributed by atoms with E-state index in [4.69, 9.17) is 15.0 Å². The van der Waals surface area contributed by atoms with Gasteiger partial charge in [-0.25, -0.2) is 4.79 Å². The molecule has 0 atom stereocenters. The first-order valence-electron chi connectivity index (χ1n) is 0.651. The summed E-state index contributed by atoms with van der Waals surface area (Å²) >= 11 is 0. The molecule has 0 aliphatic rings. The van der Waals surface area contributed by atoms with Gasteiger partial charge in [0.1, 0.15) is 0 Å². The molecule has 0 saturated carbocycles. The molecule has 0 rings (SSSR count). The van der Waals surface area contributed by atoms with Gasteiger partial charge in [0.05, 0.1) is 0 Å². The molecule has 0 spiro atoms. The van der Waals surface area contributed by atoms with E-state index in [2.05, 4.69) is 0 Å². The van der Waals surface area contributed by atoms with Crippen LogP contribution in [0.4, 0.5) is 4.79 Å². The Bertz CT molecular complexity index is 30.5. The molecule has 0 unspecified atom stereocenters. The predicted molar refractivity (Wildman–Crippen MR) is 17.1 cm³/mol. The third-order valence-electron chi connectivity index (χ3n) is 0. The van der Waals surface area contributed by atoms with Gasteiger partial charge in [-0.3, -0.25) is 0 Å². The summed E-state index contributed by atoms with van der Waals surface area (Å²) in [5, 5.41) is 13.9. The van der Waals surface area contributed by atoms with Crippen LogP contribution in [-0.2, 0) is 5.48 Å². The fraction of sp³-hybridized carbons (Fsp3) is 0. The zero-order chi connectivity index (χ0) is 3.58. The minimum absolute atomic E-state index is 0. The molecule has 0 bridgehead atoms. The van der Waals surface area contributed by atoms with Gasteiger partial charge >= 0.3 is 55.0 Å². The van der Waals surface area contributed by atoms with Gasteiger partial charge in [-0.2, -0.15) is 0 Å². The van der Waals surface area contributed by atoms with E-state index in [1.165, 1.54) is 0 Å². The van der Waals surface area contributed by atoms with Crippen LogP contribution in [0, 0.1) is 0 Å². The van der Waals surface area contributed by atoms with Crippen molar-refractivity contribution in [2.75, 3.05) is 0 Å². The molecule has 32 valence electrons. The molecule has 0 aliphatic heterocycles. The maximum absolute atomic E-state index is 8.56. The topological polar surface area (TPSA) is 86.0 Å². The van der Waals surface area contributed by atoms with Crippen molar-refractivity contribution >= 4 is 55.0 Å². The minimum Gasteiger partial charge on any atom is -2.00 e. The Morgan fingerprint density at radius 3 is 1.33 bits per heavy atom. The molecule has 0 aromatic heterocycles. The summed E-state index contributed by atoms with van der Waals surface area (Å²) in [4.78, 5) is 8.56. The van der Waals surface area contributed by atoms with Crippen LogP contribution in [0.5, 0.6) is 0 Å². The molecule has 0 aromatic rings. The van der Waals surface area contributed by atoms with Gasteiger partial charge in [0.15, 0.2) is 0 Å². The van der Waals surface area contributed by atoms with Crippen molar-refractivity contribution in [1.29, 1.82) is 0 Å². The van der Waals surface area contributed by atoms with Crippen LogP contribution >= 0.6 is 0 Å². The van der Waals surface area contributed by atoms with Gasteiger partial charge in [0, 0.05) is 0 Å². The van der Waals surface area contributed by atoms with E-state index < -0.39 is 6.16 Å². The molecule has 0 aliphatic carbocycles. The van der Waals surface area contributed by atoms with E-state index in [-0.39, 0.29) is 54.4 Å². The van der Waals surface area contributed by atoms with Crippen molar-refractivity contribution in [2.24, 2.45) is 0 Å². The molecule has 0 radical (unpaired) electrons. The quantitative estimate of drug-likeness (QED) is 0.545. The van der Waals surface area contributed by atoms with Crippen molar-refractivity contribution < 1.29 is 20.5 Å². The second-order valence-corrected chi connectivity index (χ2v) is 0.283. The molecule has 0 amide bonds. The van der Waals surface area contributed by atoms with Crippen molar-refractivity contribution in [3.63, 3.8) is 0 Å². The number of carboxylic acid groups (broad SMARTS) is 2. The predicted octanol–water partition coefficient (Wildman–Crippen LogP) is -0.277. The maximum Gasteiger partial charge on any atom is 2.00 e. The second-order valence-electron chi connectivity index (χ2n) is 0.283. The van der Waals surface area contributed by atoms with Crippen LogP contribution in [0.15, 0.2) is 0 Å². The van der Waals surface area contributed by atoms with E-state index in [1.807, 2.05) is 0 Å². The molecule has 0 heterocycles. The summed E-state index contributed by atoms with van der Waals surface area (Å²) in [6.07, 6.45) is -1.83. The Balaban J connectivity index is -0.0000000450. The van der Waals surface area contributed by atoms with Crippen LogP contribution in [0.3, 0.4) is 0 Å². The van der Waals surface area contributed by atoms with Crippen LogP contribution in [0.2, 0.25) is 0 Å². The molecule has 0 saturated heterocycles. The summed E-state index contributed by atoms with van der Waals surface area (Å²) in [5.41, 5.74) is 0. The van der Waals surface area contributed by atoms with Crippen molar-refractivity contribution in [3.8, 4) is 0 Å². The second kappa shape index (κ2) is 9.26. The molecule has 6 heavy (non-hydrogen) atoms. The number of hydrogen-bond acceptors (Lipinski definition) is 1. The van der Waals surface area contributed by atoms with Gasteiger partial charge in [-0.05, 0) is 0 Å². The Morgan fingerprint density at radius 1 is 1.33 bits per heavy atom. The minimum atomic E-state index is -1.83. The zero-order valence-corrected chi connectivity index (χ0v) is 7.36. The zero-order valence-electron chi connectivity index (χ0n) is 2.92. The van der Waals surface area contributed by atoms with Crippen LogP contribution < -0.4 is 0 Å². The van der Waals surface area contributed by atoms with E-state index in [0.717, 1.165) is 0 Å². The van der Waals surface area contributed by atoms with Gasteiger partial charge in [-0.1, -0.05) is 0 Å². The SMILES string of the molecule is O=C(O)O.[Ba+2].[O-2]. The summed E-state index contributed by atoms with van der Waals surface area (Å²) in [6.45, 7) is 0. The summed E-state index contributed by atoms with van der Waals surface area (Å²) in [5.74, 6) is 0. The van der Waals surface area contributed by atoms with Gasteiger partial charge in [-0.15, -0.1) is 0 Å². The van der Waals surface area contributed by atoms with Crippen molar-refractivity contribution in [2.45, 2.75) is 0 Å². The van der Waals surface area contributed by atoms with Crippen molar-refractivity contribution in [1.82, 2.24) is 0 Å². The van der Waals surface area contributed by atoms with Crippen LogP contribution in [0.25, 0.3) is 0 Å². The number of rotatable bonds is 0. The average molecular weight is 215 g/mol. The van der Waals surface area contributed by atoms with E-state index in [0.29, 0.717) is 0 Å². The molecule has 0 aromatic carbocycles. The molecule has 5 heteroatoms. The Labute approximate surface area is 74.5 Å². The number of carbonyl (C=O) groups is 1. The molecule has 4 nitrogen and oxygen atoms in total. The van der Waals surface area contributed by atoms with E-state index in [9.17, 15) is 0 Å². The average Bonchev–Trinajstić information content (AvgIpc) is 0.811. The monoisotopic (exact) mass is 216 g/mol. The molecule has 0 fully saturated rings. The molecular weight excluding hydrogens is 213 g/mol. The molecule has 2 N–H and O–H groups in total. The standard InChI is InChI=1S/CH2O3.Ba.O/c2-1(3)4;;/h(H2,2,3,4);;/q;+2;-2. The van der Waals surface area contributed by atoms with E-state index >= 15 is 0 Å². The summed E-state index contributed by atoms with van der Waals surface area (Å²) in [7, 11) is 0. The smallest absolute Gasteiger partial charge is 2.00 e. The Morgan fingerprint density at radius 2 is 1.33 bits per heavy atom. The fourth-order valence-corrected chi connectivity index (χ4v) is 0. The van der Waals surface area contributed by atoms with E-state index in [1.54, 1.807) is 0 Å². The normalized spacial score (nSPS) is 4.00. The summed E-state index contributed by atoms with van der Waals surface area (Å²) < 4.78 is 0. The first kappa shape index (κ1) is 15.8. The Kier molecular flexibility index (Phi) is 24.4. The first-order chi connectivity index (χ1) is 1.73. The molecular formula is CH2BaO4. The fourth-order valence-electron chi connectivity index (χ4n) is 0. The first-order valence-corrected chi connectivity index (χ1v) is 0.651. The summed E-state index contributed by atoms with van der Waals surface area (Å²) in [6, 6.07) is 0. The maximum atomic E-state index is 8.56. The van der Waals surface area contributed by atoms with Gasteiger partial charge in [0.2, 0.25) is 0 Å². The third-order valence-corrected chi connectivity index (χ3v) is 0. The Hall–Kier alpha value is 0.801. The van der Waals surface area contributed by atoms with Crippen molar-refractivity contribution in [3.05, 3.63) is 0 Å². The van der Waals surface area contributed by atoms with Crippen LogP contribution in [0.1, 0.15) is 0 Å².